The fourth-order valence-electron chi connectivity index (χ4n) is 2.04. The van der Waals surface area contributed by atoms with Crippen LogP contribution < -0.4 is 5.32 Å². The molecule has 1 N–H and O–H groups in total. The predicted molar refractivity (Wildman–Crippen MR) is 81.0 cm³/mol. The third-order valence-corrected chi connectivity index (χ3v) is 3.25. The third-order valence-electron chi connectivity index (χ3n) is 3.25. The molecular formula is C17H13FN2O2. The summed E-state index contributed by atoms with van der Waals surface area (Å²) in [5, 5.41) is 6.39. The van der Waals surface area contributed by atoms with E-state index in [4.69, 9.17) is 4.52 Å². The quantitative estimate of drug-likeness (QED) is 0.793. The number of hydrogen-bond acceptors (Lipinski definition) is 3. The minimum Gasteiger partial charge on any atom is -0.355 e. The van der Waals surface area contributed by atoms with Gasteiger partial charge in [0.05, 0.1) is 0 Å². The number of halogens is 1. The molecule has 1 aromatic heterocycles. The van der Waals surface area contributed by atoms with Crippen molar-refractivity contribution in [2.75, 3.05) is 5.32 Å². The third kappa shape index (κ3) is 2.88. The van der Waals surface area contributed by atoms with Gasteiger partial charge in [-0.2, -0.15) is 0 Å². The van der Waals surface area contributed by atoms with E-state index in [1.54, 1.807) is 19.1 Å². The molecule has 0 fully saturated rings. The van der Waals surface area contributed by atoms with Gasteiger partial charge in [-0.1, -0.05) is 41.6 Å². The summed E-state index contributed by atoms with van der Waals surface area (Å²) >= 11 is 0. The molecule has 3 rings (SSSR count). The molecule has 0 aliphatic carbocycles. The molecule has 4 nitrogen and oxygen atoms in total. The number of hydrogen-bond donors (Lipinski definition) is 1. The second-order valence-corrected chi connectivity index (χ2v) is 4.86. The van der Waals surface area contributed by atoms with Crippen molar-refractivity contribution in [3.05, 3.63) is 71.7 Å². The first-order valence-electron chi connectivity index (χ1n) is 6.73. The first kappa shape index (κ1) is 14.0. The number of anilines is 1. The van der Waals surface area contributed by atoms with E-state index < -0.39 is 11.7 Å². The lowest BCUT2D eigenvalue weighted by Crippen LogP contribution is -2.13. The highest BCUT2D eigenvalue weighted by Crippen LogP contribution is 2.21. The van der Waals surface area contributed by atoms with Gasteiger partial charge >= 0.3 is 0 Å². The highest BCUT2D eigenvalue weighted by Gasteiger charge is 2.14. The number of carbonyl (C=O) groups excluding carboxylic acids is 1. The summed E-state index contributed by atoms with van der Waals surface area (Å²) in [4.78, 5) is 12.2. The molecule has 0 saturated heterocycles. The predicted octanol–water partition coefficient (Wildman–Crippen LogP) is 4.04. The van der Waals surface area contributed by atoms with Crippen LogP contribution in [-0.4, -0.2) is 11.1 Å². The second kappa shape index (κ2) is 5.81. The van der Waals surface area contributed by atoms with Gasteiger partial charge in [0.15, 0.2) is 11.5 Å². The number of amides is 1. The molecule has 3 aromatic rings. The first-order valence-corrected chi connectivity index (χ1v) is 6.73. The van der Waals surface area contributed by atoms with Gasteiger partial charge in [-0.3, -0.25) is 4.79 Å². The number of carbonyl (C=O) groups is 1. The van der Waals surface area contributed by atoms with Crippen molar-refractivity contribution in [1.29, 1.82) is 0 Å². The summed E-state index contributed by atoms with van der Waals surface area (Å²) < 4.78 is 18.4. The van der Waals surface area contributed by atoms with Crippen molar-refractivity contribution < 1.29 is 13.7 Å². The summed E-state index contributed by atoms with van der Waals surface area (Å²) in [5.41, 5.74) is 2.15. The SMILES string of the molecule is Cc1ccc(F)cc1NC(=O)c1cc(-c2ccccc2)on1. The average Bonchev–Trinajstić information content (AvgIpc) is 3.02. The number of nitrogens with zero attached hydrogens (tertiary/aromatic N) is 1. The highest BCUT2D eigenvalue weighted by atomic mass is 19.1. The lowest BCUT2D eigenvalue weighted by atomic mass is 10.1. The van der Waals surface area contributed by atoms with Crippen LogP contribution in [0.25, 0.3) is 11.3 Å². The number of benzene rings is 2. The van der Waals surface area contributed by atoms with Crippen LogP contribution in [0.2, 0.25) is 0 Å². The lowest BCUT2D eigenvalue weighted by molar-refractivity contribution is 0.101. The molecule has 0 aliphatic rings. The molecule has 0 bridgehead atoms. The molecule has 0 aliphatic heterocycles. The Morgan fingerprint density at radius 3 is 2.68 bits per heavy atom. The smallest absolute Gasteiger partial charge is 0.277 e. The van der Waals surface area contributed by atoms with Crippen LogP contribution in [0.3, 0.4) is 0 Å². The Labute approximate surface area is 126 Å². The monoisotopic (exact) mass is 296 g/mol. The van der Waals surface area contributed by atoms with Crippen LogP contribution in [-0.2, 0) is 0 Å². The molecule has 0 radical (unpaired) electrons. The van der Waals surface area contributed by atoms with Crippen molar-refractivity contribution in [3.8, 4) is 11.3 Å². The highest BCUT2D eigenvalue weighted by molar-refractivity contribution is 6.03. The summed E-state index contributed by atoms with van der Waals surface area (Å²) in [6.45, 7) is 1.78. The summed E-state index contributed by atoms with van der Waals surface area (Å²) in [7, 11) is 0. The Bertz CT molecular complexity index is 813. The van der Waals surface area contributed by atoms with Crippen LogP contribution in [0, 0.1) is 12.7 Å². The van der Waals surface area contributed by atoms with E-state index in [0.29, 0.717) is 11.4 Å². The minimum atomic E-state index is -0.445. The van der Waals surface area contributed by atoms with Crippen LogP contribution in [0.5, 0.6) is 0 Å². The van der Waals surface area contributed by atoms with E-state index >= 15 is 0 Å². The van der Waals surface area contributed by atoms with E-state index in [-0.39, 0.29) is 5.69 Å². The summed E-state index contributed by atoms with van der Waals surface area (Å²) in [6.07, 6.45) is 0. The molecule has 2 aromatic carbocycles. The van der Waals surface area contributed by atoms with Gasteiger partial charge in [0.2, 0.25) is 0 Å². The van der Waals surface area contributed by atoms with E-state index in [2.05, 4.69) is 10.5 Å². The number of rotatable bonds is 3. The largest absolute Gasteiger partial charge is 0.355 e. The maximum Gasteiger partial charge on any atom is 0.277 e. The van der Waals surface area contributed by atoms with Gasteiger partial charge in [-0.25, -0.2) is 4.39 Å². The molecule has 1 amide bonds. The van der Waals surface area contributed by atoms with Gasteiger partial charge < -0.3 is 9.84 Å². The van der Waals surface area contributed by atoms with Crippen LogP contribution >= 0.6 is 0 Å². The molecule has 0 saturated carbocycles. The normalized spacial score (nSPS) is 10.5. The van der Waals surface area contributed by atoms with E-state index in [1.807, 2.05) is 30.3 Å². The van der Waals surface area contributed by atoms with Gasteiger partial charge in [-0.15, -0.1) is 0 Å². The van der Waals surface area contributed by atoms with Crippen LogP contribution in [0.1, 0.15) is 16.1 Å². The Hall–Kier alpha value is -2.95. The standard InChI is InChI=1S/C17H13FN2O2/c1-11-7-8-13(18)9-14(11)19-17(21)15-10-16(22-20-15)12-5-3-2-4-6-12/h2-10H,1H3,(H,19,21). The summed E-state index contributed by atoms with van der Waals surface area (Å²) in [6, 6.07) is 15.1. The van der Waals surface area contributed by atoms with Gasteiger partial charge in [0.1, 0.15) is 5.82 Å². The van der Waals surface area contributed by atoms with Crippen molar-refractivity contribution in [3.63, 3.8) is 0 Å². The fraction of sp³-hybridized carbons (Fsp3) is 0.0588. The Kier molecular flexibility index (Phi) is 3.70. The summed E-state index contributed by atoms with van der Waals surface area (Å²) in [5.74, 6) is -0.354. The van der Waals surface area contributed by atoms with E-state index in [9.17, 15) is 9.18 Å². The number of aryl methyl sites for hydroxylation is 1. The fourth-order valence-corrected chi connectivity index (χ4v) is 2.04. The maximum absolute atomic E-state index is 13.2. The van der Waals surface area contributed by atoms with Crippen molar-refractivity contribution in [1.82, 2.24) is 5.16 Å². The zero-order chi connectivity index (χ0) is 15.5. The van der Waals surface area contributed by atoms with E-state index in [1.165, 1.54) is 12.1 Å². The minimum absolute atomic E-state index is 0.141. The molecule has 0 atom stereocenters. The topological polar surface area (TPSA) is 55.1 Å². The lowest BCUT2D eigenvalue weighted by Gasteiger charge is -2.06. The molecule has 110 valence electrons. The first-order chi connectivity index (χ1) is 10.6. The molecule has 5 heteroatoms. The number of aromatic nitrogens is 1. The van der Waals surface area contributed by atoms with Gasteiger partial charge in [0, 0.05) is 17.3 Å². The molecule has 0 spiro atoms. The average molecular weight is 296 g/mol. The van der Waals surface area contributed by atoms with Crippen molar-refractivity contribution in [2.24, 2.45) is 0 Å². The molecule has 1 heterocycles. The second-order valence-electron chi connectivity index (χ2n) is 4.86. The van der Waals surface area contributed by atoms with Gasteiger partial charge in [-0.05, 0) is 24.6 Å². The van der Waals surface area contributed by atoms with Crippen molar-refractivity contribution in [2.45, 2.75) is 6.92 Å². The Balaban J connectivity index is 1.81. The van der Waals surface area contributed by atoms with Gasteiger partial charge in [0.25, 0.3) is 5.91 Å². The van der Waals surface area contributed by atoms with Crippen LogP contribution in [0.15, 0.2) is 59.1 Å². The number of nitrogens with one attached hydrogen (secondary N) is 1. The maximum atomic E-state index is 13.2. The zero-order valence-corrected chi connectivity index (χ0v) is 11.8. The van der Waals surface area contributed by atoms with Crippen molar-refractivity contribution >= 4 is 11.6 Å². The molecular weight excluding hydrogens is 283 g/mol. The molecule has 0 unspecified atom stereocenters. The Morgan fingerprint density at radius 1 is 1.14 bits per heavy atom. The zero-order valence-electron chi connectivity index (χ0n) is 11.8. The van der Waals surface area contributed by atoms with Crippen LogP contribution in [0.4, 0.5) is 10.1 Å². The Morgan fingerprint density at radius 2 is 1.91 bits per heavy atom. The molecule has 22 heavy (non-hydrogen) atoms. The van der Waals surface area contributed by atoms with E-state index in [0.717, 1.165) is 11.1 Å².